The summed E-state index contributed by atoms with van der Waals surface area (Å²) >= 11 is 0. The zero-order valence-corrected chi connectivity index (χ0v) is 3.59. The van der Waals surface area contributed by atoms with Crippen LogP contribution in [0.15, 0.2) is 6.20 Å². The fraction of sp³-hybridized carbons (Fsp3) is 0.250. The number of rotatable bonds is 0. The Kier molecular flexibility index (Phi) is 0.868. The molecule has 0 saturated carbocycles. The van der Waals surface area contributed by atoms with E-state index >= 15 is 0 Å². The summed E-state index contributed by atoms with van der Waals surface area (Å²) in [5, 5.41) is 8.09. The van der Waals surface area contributed by atoms with Crippen LogP contribution in [-0.4, -0.2) is 11.6 Å². The monoisotopic (exact) mass is 95.0 g/mol. The minimum Gasteiger partial charge on any atom is -0.467 e. The molecule has 7 heavy (non-hydrogen) atoms. The minimum atomic E-state index is 0.316. The standard InChI is InChI=1S/C4H3N2O/c5-3-6-1-2-7-4-6/h1H,4H2. The van der Waals surface area contributed by atoms with Crippen molar-refractivity contribution in [1.82, 2.24) is 4.90 Å². The number of hydrogen-bond acceptors (Lipinski definition) is 3. The van der Waals surface area contributed by atoms with Gasteiger partial charge in [-0.05, 0) is 0 Å². The van der Waals surface area contributed by atoms with Crippen LogP contribution in [0.2, 0.25) is 0 Å². The molecule has 0 spiro atoms. The van der Waals surface area contributed by atoms with Gasteiger partial charge in [-0.2, -0.15) is 5.26 Å². The highest BCUT2D eigenvalue weighted by atomic mass is 16.5. The first-order valence-electron chi connectivity index (χ1n) is 1.80. The summed E-state index contributed by atoms with van der Waals surface area (Å²) in [6.45, 7) is 0.316. The Balaban J connectivity index is 2.47. The molecule has 0 aromatic rings. The molecule has 1 aliphatic heterocycles. The number of ether oxygens (including phenoxy) is 1. The van der Waals surface area contributed by atoms with Crippen molar-refractivity contribution in [3.63, 3.8) is 0 Å². The number of hydrogen-bond donors (Lipinski definition) is 0. The molecular formula is C4H3N2O. The van der Waals surface area contributed by atoms with Gasteiger partial charge in [-0.1, -0.05) is 0 Å². The molecule has 0 aliphatic carbocycles. The molecule has 0 saturated heterocycles. The van der Waals surface area contributed by atoms with E-state index < -0.39 is 0 Å². The third-order valence-corrected chi connectivity index (χ3v) is 0.624. The van der Waals surface area contributed by atoms with E-state index in [1.54, 1.807) is 0 Å². The Bertz CT molecular complexity index is 124. The normalized spacial score (nSPS) is 16.1. The summed E-state index contributed by atoms with van der Waals surface area (Å²) in [7, 11) is 0. The van der Waals surface area contributed by atoms with Gasteiger partial charge in [-0.25, -0.2) is 4.90 Å². The molecule has 3 heteroatoms. The summed E-state index contributed by atoms with van der Waals surface area (Å²) in [5.41, 5.74) is 0. The van der Waals surface area contributed by atoms with Crippen LogP contribution in [-0.2, 0) is 4.74 Å². The lowest BCUT2D eigenvalue weighted by Crippen LogP contribution is -2.05. The van der Waals surface area contributed by atoms with Crippen LogP contribution in [0.5, 0.6) is 0 Å². The van der Waals surface area contributed by atoms with Gasteiger partial charge in [-0.3, -0.25) is 0 Å². The lowest BCUT2D eigenvalue weighted by molar-refractivity contribution is 0.195. The minimum absolute atomic E-state index is 0.316. The van der Waals surface area contributed by atoms with Gasteiger partial charge < -0.3 is 4.74 Å². The fourth-order valence-electron chi connectivity index (χ4n) is 0.303. The van der Waals surface area contributed by atoms with E-state index in [1.807, 2.05) is 6.19 Å². The summed E-state index contributed by atoms with van der Waals surface area (Å²) in [4.78, 5) is 1.33. The highest BCUT2D eigenvalue weighted by Crippen LogP contribution is 1.94. The maximum absolute atomic E-state index is 8.09. The van der Waals surface area contributed by atoms with E-state index in [1.165, 1.54) is 11.1 Å². The van der Waals surface area contributed by atoms with Crippen LogP contribution in [0.25, 0.3) is 0 Å². The van der Waals surface area contributed by atoms with Gasteiger partial charge in [0.05, 0.1) is 6.20 Å². The molecule has 0 bridgehead atoms. The molecule has 35 valence electrons. The maximum Gasteiger partial charge on any atom is 0.186 e. The third kappa shape index (κ3) is 0.631. The average molecular weight is 95.1 g/mol. The van der Waals surface area contributed by atoms with Crippen molar-refractivity contribution < 1.29 is 4.74 Å². The highest BCUT2D eigenvalue weighted by molar-refractivity contribution is 4.84. The lowest BCUT2D eigenvalue weighted by atomic mass is 10.8. The maximum atomic E-state index is 8.09. The molecule has 1 rings (SSSR count). The molecule has 3 nitrogen and oxygen atoms in total. The van der Waals surface area contributed by atoms with Crippen LogP contribution < -0.4 is 0 Å². The molecule has 1 aliphatic rings. The van der Waals surface area contributed by atoms with Crippen LogP contribution in [0.1, 0.15) is 0 Å². The van der Waals surface area contributed by atoms with Crippen molar-refractivity contribution in [1.29, 1.82) is 5.26 Å². The van der Waals surface area contributed by atoms with Gasteiger partial charge in [0.25, 0.3) is 0 Å². The Morgan fingerprint density at radius 3 is 3.14 bits per heavy atom. The highest BCUT2D eigenvalue weighted by Gasteiger charge is 2.00. The van der Waals surface area contributed by atoms with Crippen LogP contribution in [0.3, 0.4) is 0 Å². The first-order valence-corrected chi connectivity index (χ1v) is 1.80. The molecule has 0 amide bonds. The van der Waals surface area contributed by atoms with E-state index in [9.17, 15) is 0 Å². The summed E-state index contributed by atoms with van der Waals surface area (Å²) in [5.74, 6) is 0. The Morgan fingerprint density at radius 2 is 2.86 bits per heavy atom. The molecule has 1 heterocycles. The van der Waals surface area contributed by atoms with Gasteiger partial charge in [0.1, 0.15) is 0 Å². The topological polar surface area (TPSA) is 36.3 Å². The Morgan fingerprint density at radius 1 is 2.00 bits per heavy atom. The number of nitriles is 1. The van der Waals surface area contributed by atoms with E-state index in [0.29, 0.717) is 6.73 Å². The van der Waals surface area contributed by atoms with Gasteiger partial charge in [0, 0.05) is 0 Å². The van der Waals surface area contributed by atoms with Crippen LogP contribution in [0, 0.1) is 17.7 Å². The smallest absolute Gasteiger partial charge is 0.186 e. The lowest BCUT2D eigenvalue weighted by Gasteiger charge is -1.95. The second kappa shape index (κ2) is 1.52. The molecule has 0 aromatic carbocycles. The molecule has 0 aromatic heterocycles. The molecule has 0 unspecified atom stereocenters. The first kappa shape index (κ1) is 4.00. The second-order valence-electron chi connectivity index (χ2n) is 1.09. The SMILES string of the molecule is N#CN1C=[C]OC1. The summed E-state index contributed by atoms with van der Waals surface area (Å²) in [6, 6.07) is 0. The van der Waals surface area contributed by atoms with E-state index in [-0.39, 0.29) is 0 Å². The Hall–Kier alpha value is -1.17. The zero-order valence-electron chi connectivity index (χ0n) is 3.59. The average Bonchev–Trinajstić information content (AvgIpc) is 2.14. The first-order chi connectivity index (χ1) is 3.43. The van der Waals surface area contributed by atoms with E-state index in [2.05, 4.69) is 11.0 Å². The van der Waals surface area contributed by atoms with E-state index in [4.69, 9.17) is 5.26 Å². The van der Waals surface area contributed by atoms with Crippen LogP contribution >= 0.6 is 0 Å². The van der Waals surface area contributed by atoms with Gasteiger partial charge in [0.15, 0.2) is 19.2 Å². The van der Waals surface area contributed by atoms with Crippen molar-refractivity contribution in [2.45, 2.75) is 0 Å². The quantitative estimate of drug-likeness (QED) is 0.398. The molecule has 0 N–H and O–H groups in total. The van der Waals surface area contributed by atoms with Crippen LogP contribution in [0.4, 0.5) is 0 Å². The largest absolute Gasteiger partial charge is 0.467 e. The molecular weight excluding hydrogens is 92.1 g/mol. The molecule has 0 atom stereocenters. The van der Waals surface area contributed by atoms with Gasteiger partial charge in [0.2, 0.25) is 0 Å². The van der Waals surface area contributed by atoms with Crippen molar-refractivity contribution in [2.75, 3.05) is 6.73 Å². The van der Waals surface area contributed by atoms with E-state index in [0.717, 1.165) is 0 Å². The van der Waals surface area contributed by atoms with Gasteiger partial charge in [-0.15, -0.1) is 0 Å². The third-order valence-electron chi connectivity index (χ3n) is 0.624. The predicted octanol–water partition coefficient (Wildman–Crippen LogP) is 0.0316. The zero-order chi connectivity index (χ0) is 5.11. The Labute approximate surface area is 41.4 Å². The summed E-state index contributed by atoms with van der Waals surface area (Å²) < 4.78 is 4.55. The molecule has 0 fully saturated rings. The van der Waals surface area contributed by atoms with Crippen molar-refractivity contribution in [3.05, 3.63) is 12.5 Å². The summed E-state index contributed by atoms with van der Waals surface area (Å²) in [6.07, 6.45) is 5.71. The van der Waals surface area contributed by atoms with Crippen molar-refractivity contribution in [2.24, 2.45) is 0 Å². The van der Waals surface area contributed by atoms with Crippen molar-refractivity contribution >= 4 is 0 Å². The molecule has 1 radical (unpaired) electrons. The number of nitrogens with zero attached hydrogens (tertiary/aromatic N) is 2. The fourth-order valence-corrected chi connectivity index (χ4v) is 0.303. The second-order valence-corrected chi connectivity index (χ2v) is 1.09. The van der Waals surface area contributed by atoms with Gasteiger partial charge >= 0.3 is 0 Å². The predicted molar refractivity (Wildman–Crippen MR) is 21.2 cm³/mol. The van der Waals surface area contributed by atoms with Crippen molar-refractivity contribution in [3.8, 4) is 6.19 Å².